The lowest BCUT2D eigenvalue weighted by atomic mass is 10.0. The lowest BCUT2D eigenvalue weighted by molar-refractivity contribution is -0.870. The number of nitrogens with zero attached hydrogens (tertiary/aromatic N) is 1. The largest absolute Gasteiger partial charge is 0.756 e. The molecule has 2 atom stereocenters. The Morgan fingerprint density at radius 1 is 0.419 bits per heavy atom. The van der Waals surface area contributed by atoms with Gasteiger partial charge in [-0.15, -0.1) is 0 Å². The van der Waals surface area contributed by atoms with Crippen molar-refractivity contribution in [1.82, 2.24) is 0 Å². The number of allylic oxidation sites excluding steroid dienone is 6. The summed E-state index contributed by atoms with van der Waals surface area (Å²) in [4.78, 5) is 37.6. The van der Waals surface area contributed by atoms with E-state index in [2.05, 4.69) is 50.3 Å². The Balaban J connectivity index is 3.78. The summed E-state index contributed by atoms with van der Waals surface area (Å²) < 4.78 is 34.0. The standard InChI is InChI=1S/C64H122NO8P/c1-6-8-10-12-14-16-17-18-19-20-21-22-23-24-25-26-27-28-29-30-31-32-33-34-35-36-37-38-39-40-41-42-43-44-45-46-47-49-51-53-55-57-64(67)73-62(61-72-74(68,69)71-59-58-65(3,4)5)60-70-63(66)56-54-52-50-48-15-13-11-9-7-2/h17-18,20-21,23-24,62H,6-16,19,22,25-61H2,1-5H3/b18-17-,21-20-,24-23-. The monoisotopic (exact) mass is 1060 g/mol. The van der Waals surface area contributed by atoms with Crippen LogP contribution in [0.15, 0.2) is 36.5 Å². The maximum absolute atomic E-state index is 12.8. The van der Waals surface area contributed by atoms with Gasteiger partial charge in [-0.3, -0.25) is 14.2 Å². The Morgan fingerprint density at radius 2 is 0.730 bits per heavy atom. The number of hydrogen-bond acceptors (Lipinski definition) is 8. The molecular weight excluding hydrogens is 942 g/mol. The van der Waals surface area contributed by atoms with E-state index < -0.39 is 26.5 Å². The zero-order chi connectivity index (χ0) is 54.2. The Kier molecular flexibility index (Phi) is 54.6. The highest BCUT2D eigenvalue weighted by atomic mass is 31.2. The van der Waals surface area contributed by atoms with Gasteiger partial charge in [-0.2, -0.15) is 0 Å². The van der Waals surface area contributed by atoms with Crippen LogP contribution in [0.2, 0.25) is 0 Å². The molecule has 0 saturated heterocycles. The molecule has 0 N–H and O–H groups in total. The molecule has 2 unspecified atom stereocenters. The number of ether oxygens (including phenoxy) is 2. The molecule has 0 aromatic rings. The summed E-state index contributed by atoms with van der Waals surface area (Å²) >= 11 is 0. The molecule has 436 valence electrons. The number of carbonyl (C=O) groups is 2. The van der Waals surface area contributed by atoms with Crippen LogP contribution in [0.3, 0.4) is 0 Å². The van der Waals surface area contributed by atoms with E-state index in [-0.39, 0.29) is 32.0 Å². The van der Waals surface area contributed by atoms with Crippen molar-refractivity contribution in [2.45, 2.75) is 315 Å². The van der Waals surface area contributed by atoms with E-state index in [4.69, 9.17) is 18.5 Å². The van der Waals surface area contributed by atoms with Crippen LogP contribution < -0.4 is 4.89 Å². The molecule has 0 amide bonds. The highest BCUT2D eigenvalue weighted by Gasteiger charge is 2.22. The van der Waals surface area contributed by atoms with Crippen LogP contribution in [0.25, 0.3) is 0 Å². The second kappa shape index (κ2) is 56.0. The molecule has 0 saturated carbocycles. The fourth-order valence-electron chi connectivity index (χ4n) is 9.25. The third kappa shape index (κ3) is 59.5. The van der Waals surface area contributed by atoms with Gasteiger partial charge in [0, 0.05) is 12.8 Å². The first kappa shape index (κ1) is 72.2. The van der Waals surface area contributed by atoms with E-state index in [1.165, 1.54) is 231 Å². The summed E-state index contributed by atoms with van der Waals surface area (Å²) in [5.41, 5.74) is 0. The van der Waals surface area contributed by atoms with Gasteiger partial charge in [-0.25, -0.2) is 0 Å². The number of quaternary nitrogens is 1. The number of unbranched alkanes of at least 4 members (excludes halogenated alkanes) is 39. The van der Waals surface area contributed by atoms with Crippen molar-refractivity contribution >= 4 is 19.8 Å². The van der Waals surface area contributed by atoms with E-state index in [0.29, 0.717) is 17.4 Å². The summed E-state index contributed by atoms with van der Waals surface area (Å²) in [5, 5.41) is 0. The first-order valence-corrected chi connectivity index (χ1v) is 33.2. The van der Waals surface area contributed by atoms with Crippen LogP contribution in [0.1, 0.15) is 309 Å². The van der Waals surface area contributed by atoms with Crippen molar-refractivity contribution in [3.8, 4) is 0 Å². The van der Waals surface area contributed by atoms with Gasteiger partial charge in [0.1, 0.15) is 19.8 Å². The van der Waals surface area contributed by atoms with Crippen LogP contribution in [0.5, 0.6) is 0 Å². The van der Waals surface area contributed by atoms with Gasteiger partial charge >= 0.3 is 11.9 Å². The minimum absolute atomic E-state index is 0.0274. The Labute approximate surface area is 459 Å². The number of phosphoric acid groups is 1. The fourth-order valence-corrected chi connectivity index (χ4v) is 9.98. The molecule has 0 heterocycles. The molecular formula is C64H122NO8P. The number of likely N-dealkylation sites (N-methyl/N-ethyl adjacent to an activating group) is 1. The summed E-state index contributed by atoms with van der Waals surface area (Å²) in [6.45, 7) is 4.23. The minimum atomic E-state index is -4.62. The molecule has 0 rings (SSSR count). The molecule has 0 aliphatic carbocycles. The molecule has 0 aliphatic heterocycles. The summed E-state index contributed by atoms with van der Waals surface area (Å²) in [7, 11) is 1.18. The van der Waals surface area contributed by atoms with Crippen LogP contribution in [0, 0.1) is 0 Å². The molecule has 0 aromatic heterocycles. The number of hydrogen-bond donors (Lipinski definition) is 0. The highest BCUT2D eigenvalue weighted by Crippen LogP contribution is 2.38. The Morgan fingerprint density at radius 3 is 1.08 bits per heavy atom. The molecule has 0 fully saturated rings. The molecule has 0 radical (unpaired) electrons. The van der Waals surface area contributed by atoms with Crippen molar-refractivity contribution in [3.05, 3.63) is 36.5 Å². The Hall–Kier alpha value is -1.77. The summed E-state index contributed by atoms with van der Waals surface area (Å²) in [5.74, 6) is -0.822. The smallest absolute Gasteiger partial charge is 0.306 e. The third-order valence-corrected chi connectivity index (χ3v) is 15.1. The van der Waals surface area contributed by atoms with E-state index in [0.717, 1.165) is 44.9 Å². The Bertz CT molecular complexity index is 1340. The predicted molar refractivity (Wildman–Crippen MR) is 314 cm³/mol. The van der Waals surface area contributed by atoms with Crippen molar-refractivity contribution in [3.63, 3.8) is 0 Å². The lowest BCUT2D eigenvalue weighted by Gasteiger charge is -2.28. The second-order valence-electron chi connectivity index (χ2n) is 22.8. The van der Waals surface area contributed by atoms with E-state index >= 15 is 0 Å². The molecule has 9 nitrogen and oxygen atoms in total. The quantitative estimate of drug-likeness (QED) is 0.0195. The molecule has 10 heteroatoms. The van der Waals surface area contributed by atoms with Crippen molar-refractivity contribution in [2.75, 3.05) is 47.5 Å². The minimum Gasteiger partial charge on any atom is -0.756 e. The molecule has 0 spiro atoms. The van der Waals surface area contributed by atoms with Crippen LogP contribution in [-0.4, -0.2) is 70.0 Å². The first-order chi connectivity index (χ1) is 36.0. The fraction of sp³-hybridized carbons (Fsp3) is 0.875. The molecule has 74 heavy (non-hydrogen) atoms. The van der Waals surface area contributed by atoms with Gasteiger partial charge in [0.15, 0.2) is 6.10 Å². The SMILES string of the molecule is CCCCCCC/C=C\C/C=C\C/C=C\CCCCCCCCCCCCCCCCCCCCCCCCCCCCC(=O)OC(COC(=O)CCCCCCCCCCC)COP(=O)([O-])OCC[N+](C)(C)C. The topological polar surface area (TPSA) is 111 Å². The number of phosphoric ester groups is 1. The van der Waals surface area contributed by atoms with E-state index in [9.17, 15) is 19.0 Å². The summed E-state index contributed by atoms with van der Waals surface area (Å²) in [6.07, 6.45) is 69.7. The zero-order valence-electron chi connectivity index (χ0n) is 49.6. The van der Waals surface area contributed by atoms with Gasteiger partial charge in [-0.1, -0.05) is 281 Å². The van der Waals surface area contributed by atoms with Crippen molar-refractivity contribution in [2.24, 2.45) is 0 Å². The molecule has 0 bridgehead atoms. The van der Waals surface area contributed by atoms with E-state index in [1.807, 2.05) is 21.1 Å². The normalized spacial score (nSPS) is 13.4. The second-order valence-corrected chi connectivity index (χ2v) is 24.2. The molecule has 0 aliphatic rings. The van der Waals surface area contributed by atoms with Crippen LogP contribution in [-0.2, 0) is 32.7 Å². The average Bonchev–Trinajstić information content (AvgIpc) is 3.36. The van der Waals surface area contributed by atoms with Crippen LogP contribution >= 0.6 is 7.82 Å². The lowest BCUT2D eigenvalue weighted by Crippen LogP contribution is -2.37. The van der Waals surface area contributed by atoms with Gasteiger partial charge in [0.05, 0.1) is 27.7 Å². The number of carbonyl (C=O) groups excluding carboxylic acids is 2. The van der Waals surface area contributed by atoms with Crippen LogP contribution in [0.4, 0.5) is 0 Å². The van der Waals surface area contributed by atoms with Crippen molar-refractivity contribution < 1.29 is 42.1 Å². The van der Waals surface area contributed by atoms with Crippen molar-refractivity contribution in [1.29, 1.82) is 0 Å². The molecule has 0 aromatic carbocycles. The zero-order valence-corrected chi connectivity index (χ0v) is 50.5. The summed E-state index contributed by atoms with van der Waals surface area (Å²) in [6, 6.07) is 0. The highest BCUT2D eigenvalue weighted by molar-refractivity contribution is 7.45. The number of rotatable bonds is 59. The van der Waals surface area contributed by atoms with Gasteiger partial charge in [0.25, 0.3) is 7.82 Å². The maximum atomic E-state index is 12.8. The average molecular weight is 1060 g/mol. The van der Waals surface area contributed by atoms with E-state index in [1.54, 1.807) is 0 Å². The van der Waals surface area contributed by atoms with Gasteiger partial charge in [0.2, 0.25) is 0 Å². The maximum Gasteiger partial charge on any atom is 0.306 e. The van der Waals surface area contributed by atoms with Gasteiger partial charge in [-0.05, 0) is 51.4 Å². The predicted octanol–water partition coefficient (Wildman–Crippen LogP) is 19.3. The third-order valence-electron chi connectivity index (χ3n) is 14.2. The van der Waals surface area contributed by atoms with Gasteiger partial charge < -0.3 is 27.9 Å². The number of esters is 2. The first-order valence-electron chi connectivity index (χ1n) is 31.7.